The Morgan fingerprint density at radius 3 is 2.38 bits per heavy atom. The first kappa shape index (κ1) is 37.2. The number of aromatic nitrogens is 1. The number of hydrogen-bond donors (Lipinski definition) is 2. The number of unbranched alkanes of at least 4 members (excludes halogenated alkanes) is 3. The second-order valence-electron chi connectivity index (χ2n) is 12.0. The van der Waals surface area contributed by atoms with E-state index in [4.69, 9.17) is 10.5 Å². The van der Waals surface area contributed by atoms with E-state index in [2.05, 4.69) is 31.0 Å². The van der Waals surface area contributed by atoms with Gasteiger partial charge in [-0.25, -0.2) is 9.36 Å². The molecule has 254 valence electrons. The molecule has 0 bridgehead atoms. The summed E-state index contributed by atoms with van der Waals surface area (Å²) in [6.07, 6.45) is 6.97. The van der Waals surface area contributed by atoms with Gasteiger partial charge in [-0.15, -0.1) is 5.11 Å². The number of benzene rings is 2. The molecule has 1 heterocycles. The van der Waals surface area contributed by atoms with Crippen LogP contribution in [0.2, 0.25) is 0 Å². The van der Waals surface area contributed by atoms with Gasteiger partial charge in [0.25, 0.3) is 11.5 Å². The predicted molar refractivity (Wildman–Crippen MR) is 186 cm³/mol. The van der Waals surface area contributed by atoms with Gasteiger partial charge < -0.3 is 20.5 Å². The van der Waals surface area contributed by atoms with Crippen LogP contribution in [0, 0.1) is 19.8 Å². The summed E-state index contributed by atoms with van der Waals surface area (Å²) in [5, 5.41) is 19.8. The van der Waals surface area contributed by atoms with Crippen molar-refractivity contribution in [3.63, 3.8) is 0 Å². The Bertz CT molecular complexity index is 1600. The van der Waals surface area contributed by atoms with Gasteiger partial charge in [0, 0.05) is 30.3 Å². The molecule has 3 N–H and O–H groups in total. The minimum absolute atomic E-state index is 0.0212. The Morgan fingerprint density at radius 1 is 0.979 bits per heavy atom. The molecule has 0 aliphatic carbocycles. The van der Waals surface area contributed by atoms with E-state index in [1.54, 1.807) is 56.3 Å². The summed E-state index contributed by atoms with van der Waals surface area (Å²) in [5.74, 6) is -1.23. The normalized spacial score (nSPS) is 12.7. The van der Waals surface area contributed by atoms with Crippen molar-refractivity contribution in [3.05, 3.63) is 81.1 Å². The largest absolute Gasteiger partial charge is 0.494 e. The fourth-order valence-corrected chi connectivity index (χ4v) is 5.78. The Balaban J connectivity index is 2.04. The summed E-state index contributed by atoms with van der Waals surface area (Å²) in [7, 11) is 0. The highest BCUT2D eigenvalue weighted by atomic mass is 16.5. The van der Waals surface area contributed by atoms with Crippen LogP contribution in [0.15, 0.2) is 63.6 Å². The number of esters is 1. The SMILES string of the molecule is CCCCCCN(CC(CC)C(N)CCC)C(=O)c1cccc(N=Nc2c(C)c(C(=O)OCC)c(O)n(-c3ccccc3C)c2=O)c1. The molecule has 1 aromatic heterocycles. The standard InChI is InChI=1S/C37H51N5O5/c1-7-11-12-15-22-41(24-27(9-3)30(38)17-8-2)34(43)28-19-16-20-29(23-28)39-40-33-26(6)32(37(46)47-10-4)35(44)42(36(33)45)31-21-14-13-18-25(31)5/h13-14,16,18-21,23,27,30,44H,7-12,15,17,22,24,38H2,1-6H3. The van der Waals surface area contributed by atoms with Crippen LogP contribution in [0.3, 0.4) is 0 Å². The monoisotopic (exact) mass is 645 g/mol. The minimum atomic E-state index is -0.781. The van der Waals surface area contributed by atoms with Crippen molar-refractivity contribution in [1.82, 2.24) is 9.47 Å². The van der Waals surface area contributed by atoms with Crippen molar-refractivity contribution in [1.29, 1.82) is 0 Å². The molecule has 10 heteroatoms. The number of carbonyl (C=O) groups is 2. The number of nitrogens with two attached hydrogens (primary N) is 1. The van der Waals surface area contributed by atoms with Crippen LogP contribution in [-0.2, 0) is 4.74 Å². The van der Waals surface area contributed by atoms with Crippen molar-refractivity contribution in [2.45, 2.75) is 92.5 Å². The number of nitrogens with zero attached hydrogens (tertiary/aromatic N) is 4. The summed E-state index contributed by atoms with van der Waals surface area (Å²) >= 11 is 0. The van der Waals surface area contributed by atoms with Crippen LogP contribution < -0.4 is 11.3 Å². The molecule has 10 nitrogen and oxygen atoms in total. The van der Waals surface area contributed by atoms with Crippen LogP contribution >= 0.6 is 0 Å². The lowest BCUT2D eigenvalue weighted by Crippen LogP contribution is -2.42. The zero-order valence-electron chi connectivity index (χ0n) is 28.8. The lowest BCUT2D eigenvalue weighted by molar-refractivity contribution is 0.0520. The van der Waals surface area contributed by atoms with E-state index >= 15 is 0 Å². The maximum absolute atomic E-state index is 13.9. The van der Waals surface area contributed by atoms with Crippen molar-refractivity contribution in [2.75, 3.05) is 19.7 Å². The first-order chi connectivity index (χ1) is 22.6. The van der Waals surface area contributed by atoms with Crippen molar-refractivity contribution >= 4 is 23.3 Å². The maximum atomic E-state index is 13.9. The molecular weight excluding hydrogens is 594 g/mol. The van der Waals surface area contributed by atoms with E-state index in [9.17, 15) is 19.5 Å². The summed E-state index contributed by atoms with van der Waals surface area (Å²) in [4.78, 5) is 42.5. The van der Waals surface area contributed by atoms with E-state index < -0.39 is 17.4 Å². The molecule has 2 aromatic carbocycles. The molecule has 0 aliphatic rings. The van der Waals surface area contributed by atoms with Crippen LogP contribution in [0.5, 0.6) is 5.88 Å². The molecule has 0 radical (unpaired) electrons. The third-order valence-electron chi connectivity index (χ3n) is 8.54. The second kappa shape index (κ2) is 18.1. The van der Waals surface area contributed by atoms with Gasteiger partial charge >= 0.3 is 5.97 Å². The van der Waals surface area contributed by atoms with Gasteiger partial charge in [-0.1, -0.05) is 77.1 Å². The number of amides is 1. The maximum Gasteiger partial charge on any atom is 0.343 e. The molecule has 0 aliphatic heterocycles. The number of ether oxygens (including phenoxy) is 1. The van der Waals surface area contributed by atoms with E-state index in [1.807, 2.05) is 11.0 Å². The lowest BCUT2D eigenvalue weighted by Gasteiger charge is -2.30. The van der Waals surface area contributed by atoms with Crippen LogP contribution in [0.25, 0.3) is 5.69 Å². The number of rotatable bonds is 17. The Kier molecular flexibility index (Phi) is 14.3. The Labute approximate surface area is 278 Å². The summed E-state index contributed by atoms with van der Waals surface area (Å²) in [6, 6.07) is 13.9. The third kappa shape index (κ3) is 9.38. The number of carbonyl (C=O) groups excluding carboxylic acids is 2. The number of para-hydroxylation sites is 1. The van der Waals surface area contributed by atoms with E-state index in [0.717, 1.165) is 49.5 Å². The molecule has 1 amide bonds. The summed E-state index contributed by atoms with van der Waals surface area (Å²) in [5.41, 5.74) is 7.64. The van der Waals surface area contributed by atoms with Crippen molar-refractivity contribution < 1.29 is 19.4 Å². The fourth-order valence-electron chi connectivity index (χ4n) is 5.78. The van der Waals surface area contributed by atoms with Crippen LogP contribution in [0.4, 0.5) is 11.4 Å². The van der Waals surface area contributed by atoms with Gasteiger partial charge in [0.1, 0.15) is 5.56 Å². The van der Waals surface area contributed by atoms with Gasteiger partial charge in [-0.3, -0.25) is 9.59 Å². The van der Waals surface area contributed by atoms with Crippen LogP contribution in [-0.4, -0.2) is 52.2 Å². The van der Waals surface area contributed by atoms with Gasteiger partial charge in [-0.2, -0.15) is 5.11 Å². The lowest BCUT2D eigenvalue weighted by atomic mass is 9.93. The first-order valence-corrected chi connectivity index (χ1v) is 16.9. The molecule has 47 heavy (non-hydrogen) atoms. The molecule has 2 unspecified atom stereocenters. The fraction of sp³-hybridized carbons (Fsp3) is 0.486. The van der Waals surface area contributed by atoms with E-state index in [-0.39, 0.29) is 41.3 Å². The molecular formula is C37H51N5O5. The van der Waals surface area contributed by atoms with Crippen molar-refractivity contribution in [2.24, 2.45) is 21.9 Å². The Morgan fingerprint density at radius 2 is 1.72 bits per heavy atom. The van der Waals surface area contributed by atoms with Gasteiger partial charge in [0.2, 0.25) is 5.88 Å². The highest BCUT2D eigenvalue weighted by molar-refractivity contribution is 5.95. The van der Waals surface area contributed by atoms with E-state index in [0.29, 0.717) is 35.6 Å². The zero-order valence-corrected chi connectivity index (χ0v) is 28.8. The zero-order chi connectivity index (χ0) is 34.5. The first-order valence-electron chi connectivity index (χ1n) is 16.9. The topological polar surface area (TPSA) is 140 Å². The third-order valence-corrected chi connectivity index (χ3v) is 8.54. The number of hydrogen-bond acceptors (Lipinski definition) is 8. The molecule has 0 fully saturated rings. The molecule has 3 aromatic rings. The van der Waals surface area contributed by atoms with E-state index in [1.165, 1.54) is 6.92 Å². The van der Waals surface area contributed by atoms with Gasteiger partial charge in [0.15, 0.2) is 5.69 Å². The molecule has 0 spiro atoms. The smallest absolute Gasteiger partial charge is 0.343 e. The molecule has 2 atom stereocenters. The van der Waals surface area contributed by atoms with Gasteiger partial charge in [0.05, 0.1) is 18.0 Å². The minimum Gasteiger partial charge on any atom is -0.494 e. The van der Waals surface area contributed by atoms with Crippen molar-refractivity contribution in [3.8, 4) is 11.6 Å². The Hall–Kier alpha value is -4.31. The summed E-state index contributed by atoms with van der Waals surface area (Å²) in [6.45, 7) is 12.7. The molecule has 0 saturated carbocycles. The number of aryl methyl sites for hydroxylation is 1. The van der Waals surface area contributed by atoms with Gasteiger partial charge in [-0.05, 0) is 69.4 Å². The summed E-state index contributed by atoms with van der Waals surface area (Å²) < 4.78 is 6.25. The number of aromatic hydroxyl groups is 1. The quantitative estimate of drug-likeness (QED) is 0.0868. The molecule has 3 rings (SSSR count). The molecule has 0 saturated heterocycles. The number of pyridine rings is 1. The van der Waals surface area contributed by atoms with Crippen LogP contribution in [0.1, 0.15) is 104 Å². The highest BCUT2D eigenvalue weighted by Crippen LogP contribution is 2.31. The highest BCUT2D eigenvalue weighted by Gasteiger charge is 2.27. The second-order valence-corrected chi connectivity index (χ2v) is 12.0. The number of azo groups is 1. The predicted octanol–water partition coefficient (Wildman–Crippen LogP) is 7.93. The average Bonchev–Trinajstić information content (AvgIpc) is 3.05. The average molecular weight is 646 g/mol.